The summed E-state index contributed by atoms with van der Waals surface area (Å²) in [6.07, 6.45) is 7.91. The molecule has 3 heterocycles. The van der Waals surface area contributed by atoms with E-state index in [0.717, 1.165) is 49.9 Å². The Bertz CT molecular complexity index is 1190. The molecular formula is C24H28N4O4S. The van der Waals surface area contributed by atoms with Gasteiger partial charge in [-0.05, 0) is 68.4 Å². The highest BCUT2D eigenvalue weighted by Gasteiger charge is 2.52. The average molecular weight is 469 g/mol. The standard InChI is InChI=1S/C24H28N4O4S/c1-33(31,32)20-4-2-3-16(11-20)24(9-10-24)23(30)27-17-12-18-6-7-19(13-17)28(18)21-8-5-15(14-26-21)22(25)29/h2-5,8,11,14,17-19H,6-7,9-10,12-13H2,1H3,(H2,25,29)(H,27,30)/t17?,18-,19+. The molecule has 3 fully saturated rings. The van der Waals surface area contributed by atoms with Gasteiger partial charge in [-0.2, -0.15) is 0 Å². The van der Waals surface area contributed by atoms with Crippen LogP contribution >= 0.6 is 0 Å². The molecule has 2 amide bonds. The maximum absolute atomic E-state index is 13.3. The number of nitrogens with two attached hydrogens (primary N) is 1. The number of amides is 2. The minimum atomic E-state index is -3.33. The van der Waals surface area contributed by atoms with E-state index in [4.69, 9.17) is 5.73 Å². The van der Waals surface area contributed by atoms with Gasteiger partial charge in [-0.1, -0.05) is 12.1 Å². The third-order valence-electron chi connectivity index (χ3n) is 7.36. The number of aromatic nitrogens is 1. The molecule has 9 heteroatoms. The predicted octanol–water partition coefficient (Wildman–Crippen LogP) is 1.93. The molecule has 2 saturated heterocycles. The zero-order valence-electron chi connectivity index (χ0n) is 18.5. The molecule has 1 aliphatic carbocycles. The lowest BCUT2D eigenvalue weighted by molar-refractivity contribution is -0.124. The Kier molecular flexibility index (Phi) is 5.19. The van der Waals surface area contributed by atoms with Crippen LogP contribution in [0.1, 0.15) is 54.4 Å². The molecular weight excluding hydrogens is 440 g/mol. The van der Waals surface area contributed by atoms with Crippen molar-refractivity contribution in [3.8, 4) is 0 Å². The van der Waals surface area contributed by atoms with Gasteiger partial charge in [0.15, 0.2) is 9.84 Å². The highest BCUT2D eigenvalue weighted by Crippen LogP contribution is 2.49. The molecule has 1 unspecified atom stereocenters. The van der Waals surface area contributed by atoms with Gasteiger partial charge in [-0.25, -0.2) is 13.4 Å². The SMILES string of the molecule is CS(=O)(=O)c1cccc(C2(C(=O)NC3C[C@H]4CC[C@@H](C3)N4c3ccc(C(N)=O)cn3)CC2)c1. The van der Waals surface area contributed by atoms with Crippen molar-refractivity contribution in [2.24, 2.45) is 5.73 Å². The zero-order chi connectivity index (χ0) is 23.4. The monoisotopic (exact) mass is 468 g/mol. The number of rotatable bonds is 6. The maximum Gasteiger partial charge on any atom is 0.250 e. The summed E-state index contributed by atoms with van der Waals surface area (Å²) in [6, 6.07) is 11.0. The van der Waals surface area contributed by atoms with E-state index in [1.165, 1.54) is 12.5 Å². The topological polar surface area (TPSA) is 122 Å². The molecule has 0 radical (unpaired) electrons. The quantitative estimate of drug-likeness (QED) is 0.668. The number of pyridine rings is 1. The van der Waals surface area contributed by atoms with Crippen LogP contribution in [0.2, 0.25) is 0 Å². The van der Waals surface area contributed by atoms with Crippen molar-refractivity contribution in [1.82, 2.24) is 10.3 Å². The van der Waals surface area contributed by atoms with Gasteiger partial charge in [0, 0.05) is 30.6 Å². The number of hydrogen-bond donors (Lipinski definition) is 2. The minimum Gasteiger partial charge on any atom is -0.366 e. The molecule has 1 aromatic heterocycles. The van der Waals surface area contributed by atoms with Gasteiger partial charge in [-0.3, -0.25) is 9.59 Å². The number of anilines is 1. The summed E-state index contributed by atoms with van der Waals surface area (Å²) >= 11 is 0. The van der Waals surface area contributed by atoms with Crippen LogP contribution in [-0.2, 0) is 20.0 Å². The first-order valence-electron chi connectivity index (χ1n) is 11.3. The largest absolute Gasteiger partial charge is 0.366 e. The maximum atomic E-state index is 13.3. The second kappa shape index (κ2) is 7.83. The lowest BCUT2D eigenvalue weighted by Crippen LogP contribution is -2.52. The van der Waals surface area contributed by atoms with Crippen LogP contribution < -0.4 is 16.0 Å². The number of nitrogens with one attached hydrogen (secondary N) is 1. The average Bonchev–Trinajstić information content (AvgIpc) is 3.55. The normalized spacial score (nSPS) is 25.5. The minimum absolute atomic E-state index is 0.00469. The molecule has 1 saturated carbocycles. The molecule has 3 N–H and O–H groups in total. The number of carbonyl (C=O) groups is 2. The number of nitrogens with zero attached hydrogens (tertiary/aromatic N) is 2. The Morgan fingerprint density at radius 1 is 1.12 bits per heavy atom. The van der Waals surface area contributed by atoms with Crippen molar-refractivity contribution in [2.45, 2.75) is 67.0 Å². The van der Waals surface area contributed by atoms with Crippen molar-refractivity contribution in [1.29, 1.82) is 0 Å². The smallest absolute Gasteiger partial charge is 0.250 e. The van der Waals surface area contributed by atoms with Crippen LogP contribution in [0.4, 0.5) is 5.82 Å². The Morgan fingerprint density at radius 2 is 1.82 bits per heavy atom. The number of fused-ring (bicyclic) bond motifs is 2. The van der Waals surface area contributed by atoms with Gasteiger partial charge >= 0.3 is 0 Å². The number of hydrogen-bond acceptors (Lipinski definition) is 6. The van der Waals surface area contributed by atoms with Crippen LogP contribution in [0, 0.1) is 0 Å². The van der Waals surface area contributed by atoms with Gasteiger partial charge in [0.25, 0.3) is 0 Å². The fourth-order valence-corrected chi connectivity index (χ4v) is 6.14. The van der Waals surface area contributed by atoms with E-state index in [1.54, 1.807) is 24.3 Å². The summed E-state index contributed by atoms with van der Waals surface area (Å²) in [7, 11) is -3.33. The first-order chi connectivity index (χ1) is 15.7. The van der Waals surface area contributed by atoms with E-state index in [-0.39, 0.29) is 28.9 Å². The molecule has 2 aromatic rings. The van der Waals surface area contributed by atoms with Gasteiger partial charge in [0.2, 0.25) is 11.8 Å². The fraction of sp³-hybridized carbons (Fsp3) is 0.458. The fourth-order valence-electron chi connectivity index (χ4n) is 5.47. The number of benzene rings is 1. The van der Waals surface area contributed by atoms with Crippen molar-refractivity contribution < 1.29 is 18.0 Å². The second-order valence-corrected chi connectivity index (χ2v) is 11.6. The molecule has 174 valence electrons. The van der Waals surface area contributed by atoms with Crippen molar-refractivity contribution in [3.63, 3.8) is 0 Å². The molecule has 2 bridgehead atoms. The number of carbonyl (C=O) groups excluding carboxylic acids is 2. The summed E-state index contributed by atoms with van der Waals surface area (Å²) in [5.74, 6) is 0.345. The molecule has 2 aliphatic heterocycles. The first-order valence-corrected chi connectivity index (χ1v) is 13.2. The van der Waals surface area contributed by atoms with E-state index in [9.17, 15) is 18.0 Å². The Hall–Kier alpha value is -2.94. The molecule has 1 aromatic carbocycles. The molecule has 3 atom stereocenters. The highest BCUT2D eigenvalue weighted by atomic mass is 32.2. The molecule has 8 nitrogen and oxygen atoms in total. The number of piperidine rings is 1. The van der Waals surface area contributed by atoms with E-state index in [1.807, 2.05) is 12.1 Å². The Balaban J connectivity index is 1.28. The predicted molar refractivity (Wildman–Crippen MR) is 124 cm³/mol. The van der Waals surface area contributed by atoms with Crippen LogP contribution in [0.15, 0.2) is 47.5 Å². The summed E-state index contributed by atoms with van der Waals surface area (Å²) in [5.41, 5.74) is 5.87. The second-order valence-electron chi connectivity index (χ2n) is 9.59. The molecule has 33 heavy (non-hydrogen) atoms. The molecule has 0 spiro atoms. The Labute approximate surface area is 193 Å². The Morgan fingerprint density at radius 3 is 2.36 bits per heavy atom. The van der Waals surface area contributed by atoms with Crippen LogP contribution in [0.3, 0.4) is 0 Å². The number of sulfone groups is 1. The van der Waals surface area contributed by atoms with Crippen molar-refractivity contribution >= 4 is 27.5 Å². The highest BCUT2D eigenvalue weighted by molar-refractivity contribution is 7.90. The lowest BCUT2D eigenvalue weighted by Gasteiger charge is -2.40. The van der Waals surface area contributed by atoms with Crippen LogP contribution in [0.5, 0.6) is 0 Å². The van der Waals surface area contributed by atoms with E-state index >= 15 is 0 Å². The van der Waals surface area contributed by atoms with Gasteiger partial charge in [0.05, 0.1) is 15.9 Å². The van der Waals surface area contributed by atoms with Crippen LogP contribution in [0.25, 0.3) is 0 Å². The summed E-state index contributed by atoms with van der Waals surface area (Å²) in [4.78, 5) is 31.7. The van der Waals surface area contributed by atoms with Crippen molar-refractivity contribution in [2.75, 3.05) is 11.2 Å². The lowest BCUT2D eigenvalue weighted by atomic mass is 9.92. The van der Waals surface area contributed by atoms with Crippen molar-refractivity contribution in [3.05, 3.63) is 53.7 Å². The summed E-state index contributed by atoms with van der Waals surface area (Å²) in [5, 5.41) is 3.28. The zero-order valence-corrected chi connectivity index (χ0v) is 19.3. The third-order valence-corrected chi connectivity index (χ3v) is 8.47. The summed E-state index contributed by atoms with van der Waals surface area (Å²) < 4.78 is 23.9. The summed E-state index contributed by atoms with van der Waals surface area (Å²) in [6.45, 7) is 0. The molecule has 3 aliphatic rings. The molecule has 5 rings (SSSR count). The number of primary amides is 1. The van der Waals surface area contributed by atoms with E-state index in [2.05, 4.69) is 15.2 Å². The van der Waals surface area contributed by atoms with Gasteiger partial charge in [0.1, 0.15) is 5.82 Å². The van der Waals surface area contributed by atoms with E-state index < -0.39 is 21.2 Å². The van der Waals surface area contributed by atoms with Gasteiger partial charge < -0.3 is 16.0 Å². The van der Waals surface area contributed by atoms with Gasteiger partial charge in [-0.15, -0.1) is 0 Å². The third kappa shape index (κ3) is 3.99. The first kappa shape index (κ1) is 21.9. The van der Waals surface area contributed by atoms with E-state index in [0.29, 0.717) is 5.56 Å². The van der Waals surface area contributed by atoms with Crippen LogP contribution in [-0.4, -0.2) is 49.6 Å².